The van der Waals surface area contributed by atoms with Crippen molar-refractivity contribution < 1.29 is 14.3 Å². The second kappa shape index (κ2) is 7.25. The van der Waals surface area contributed by atoms with E-state index in [1.165, 1.54) is 0 Å². The summed E-state index contributed by atoms with van der Waals surface area (Å²) in [4.78, 5) is 29.0. The first kappa shape index (κ1) is 18.0. The summed E-state index contributed by atoms with van der Waals surface area (Å²) in [5.41, 5.74) is -0.441. The zero-order valence-corrected chi connectivity index (χ0v) is 14.3. The molecule has 1 unspecified atom stereocenters. The fraction of sp³-hybridized carbons (Fsp3) is 0.875. The van der Waals surface area contributed by atoms with E-state index in [1.54, 1.807) is 11.8 Å². The van der Waals surface area contributed by atoms with E-state index >= 15 is 0 Å². The highest BCUT2D eigenvalue weighted by atomic mass is 16.5. The Labute approximate surface area is 128 Å². The van der Waals surface area contributed by atoms with Crippen molar-refractivity contribution in [3.05, 3.63) is 0 Å². The van der Waals surface area contributed by atoms with Crippen molar-refractivity contribution in [2.24, 2.45) is 11.3 Å². The Hall–Kier alpha value is -1.10. The fourth-order valence-corrected chi connectivity index (χ4v) is 2.82. The van der Waals surface area contributed by atoms with Gasteiger partial charge in [-0.15, -0.1) is 0 Å². The molecule has 0 radical (unpaired) electrons. The van der Waals surface area contributed by atoms with Crippen LogP contribution >= 0.6 is 0 Å². The van der Waals surface area contributed by atoms with Gasteiger partial charge in [0.1, 0.15) is 5.92 Å². The number of hydrogen-bond donors (Lipinski definition) is 0. The lowest BCUT2D eigenvalue weighted by Crippen LogP contribution is -2.50. The molecule has 0 saturated carbocycles. The molecule has 0 aromatic heterocycles. The van der Waals surface area contributed by atoms with Crippen LogP contribution in [0, 0.1) is 11.3 Å². The van der Waals surface area contributed by atoms with Crippen LogP contribution in [0.4, 0.5) is 0 Å². The van der Waals surface area contributed by atoms with Crippen LogP contribution in [-0.2, 0) is 14.3 Å². The van der Waals surface area contributed by atoms with Crippen molar-refractivity contribution in [3.63, 3.8) is 0 Å². The molecule has 5 nitrogen and oxygen atoms in total. The molecule has 0 bridgehead atoms. The summed E-state index contributed by atoms with van der Waals surface area (Å²) in [6.45, 7) is 9.78. The molecule has 0 aliphatic carbocycles. The van der Waals surface area contributed by atoms with E-state index in [0.29, 0.717) is 6.61 Å². The van der Waals surface area contributed by atoms with Gasteiger partial charge in [0.2, 0.25) is 5.91 Å². The minimum absolute atomic E-state index is 0.115. The molecule has 1 fully saturated rings. The topological polar surface area (TPSA) is 49.9 Å². The molecular weight excluding hydrogens is 268 g/mol. The average Bonchev–Trinajstić information content (AvgIpc) is 2.37. The van der Waals surface area contributed by atoms with E-state index in [1.807, 2.05) is 27.8 Å². The summed E-state index contributed by atoms with van der Waals surface area (Å²) in [7, 11) is 3.91. The number of ether oxygens (including phenoxy) is 1. The number of carbonyl (C=O) groups excluding carboxylic acids is 2. The molecule has 1 saturated heterocycles. The fourth-order valence-electron chi connectivity index (χ4n) is 2.82. The minimum Gasteiger partial charge on any atom is -0.465 e. The molecule has 1 heterocycles. The van der Waals surface area contributed by atoms with Gasteiger partial charge in [0.25, 0.3) is 0 Å². The molecule has 0 spiro atoms. The monoisotopic (exact) mass is 298 g/mol. The van der Waals surface area contributed by atoms with E-state index in [-0.39, 0.29) is 11.9 Å². The first-order valence-electron chi connectivity index (χ1n) is 7.80. The molecule has 1 aliphatic rings. The molecule has 5 heteroatoms. The summed E-state index contributed by atoms with van der Waals surface area (Å²) in [6.07, 6.45) is 1.91. The Morgan fingerprint density at radius 2 is 1.81 bits per heavy atom. The Balaban J connectivity index is 2.82. The Morgan fingerprint density at radius 1 is 1.29 bits per heavy atom. The van der Waals surface area contributed by atoms with Gasteiger partial charge < -0.3 is 14.5 Å². The van der Waals surface area contributed by atoms with E-state index in [0.717, 1.165) is 25.9 Å². The average molecular weight is 298 g/mol. The van der Waals surface area contributed by atoms with Gasteiger partial charge in [0.05, 0.1) is 6.61 Å². The van der Waals surface area contributed by atoms with Gasteiger partial charge in [-0.3, -0.25) is 9.59 Å². The van der Waals surface area contributed by atoms with Crippen LogP contribution in [0.25, 0.3) is 0 Å². The number of nitrogens with zero attached hydrogens (tertiary/aromatic N) is 2. The zero-order valence-electron chi connectivity index (χ0n) is 14.3. The maximum Gasteiger partial charge on any atom is 0.319 e. The van der Waals surface area contributed by atoms with E-state index in [9.17, 15) is 9.59 Å². The number of rotatable bonds is 4. The van der Waals surface area contributed by atoms with Gasteiger partial charge in [-0.2, -0.15) is 0 Å². The smallest absolute Gasteiger partial charge is 0.319 e. The molecule has 0 aromatic rings. The van der Waals surface area contributed by atoms with Crippen molar-refractivity contribution in [2.75, 3.05) is 33.8 Å². The van der Waals surface area contributed by atoms with Gasteiger partial charge >= 0.3 is 5.97 Å². The van der Waals surface area contributed by atoms with Crippen LogP contribution in [-0.4, -0.2) is 61.5 Å². The van der Waals surface area contributed by atoms with Crippen LogP contribution in [0.5, 0.6) is 0 Å². The summed E-state index contributed by atoms with van der Waals surface area (Å²) in [6, 6.07) is 0.216. The highest BCUT2D eigenvalue weighted by Crippen LogP contribution is 2.30. The standard InChI is InChI=1S/C16H30N2O3/c1-7-21-15(20)13(16(2,3)4)14(19)18(6)12-8-10-17(5)11-9-12/h12-13H,7-11H2,1-6H3. The van der Waals surface area contributed by atoms with E-state index < -0.39 is 17.3 Å². The third-order valence-corrected chi connectivity index (χ3v) is 4.22. The van der Waals surface area contributed by atoms with Gasteiger partial charge in [-0.05, 0) is 45.3 Å². The first-order chi connectivity index (χ1) is 9.68. The molecular formula is C16H30N2O3. The lowest BCUT2D eigenvalue weighted by atomic mass is 9.79. The number of hydrogen-bond acceptors (Lipinski definition) is 4. The quantitative estimate of drug-likeness (QED) is 0.586. The Morgan fingerprint density at radius 3 is 2.24 bits per heavy atom. The van der Waals surface area contributed by atoms with Crippen molar-refractivity contribution in [1.29, 1.82) is 0 Å². The van der Waals surface area contributed by atoms with Crippen LogP contribution in [0.15, 0.2) is 0 Å². The maximum absolute atomic E-state index is 12.8. The van der Waals surface area contributed by atoms with Gasteiger partial charge in [-0.1, -0.05) is 20.8 Å². The lowest BCUT2D eigenvalue weighted by Gasteiger charge is -2.38. The molecule has 1 aliphatic heterocycles. The van der Waals surface area contributed by atoms with Crippen LogP contribution in [0.1, 0.15) is 40.5 Å². The predicted octanol–water partition coefficient (Wildman–Crippen LogP) is 1.76. The van der Waals surface area contributed by atoms with E-state index in [4.69, 9.17) is 4.74 Å². The predicted molar refractivity (Wildman–Crippen MR) is 82.9 cm³/mol. The van der Waals surface area contributed by atoms with Crippen molar-refractivity contribution in [3.8, 4) is 0 Å². The maximum atomic E-state index is 12.8. The number of esters is 1. The minimum atomic E-state index is -0.734. The number of piperidine rings is 1. The third kappa shape index (κ3) is 4.70. The second-order valence-electron chi connectivity index (χ2n) is 7.03. The van der Waals surface area contributed by atoms with Crippen molar-refractivity contribution >= 4 is 11.9 Å². The van der Waals surface area contributed by atoms with Gasteiger partial charge in [-0.25, -0.2) is 0 Å². The van der Waals surface area contributed by atoms with Crippen LogP contribution < -0.4 is 0 Å². The highest BCUT2D eigenvalue weighted by Gasteiger charge is 2.42. The largest absolute Gasteiger partial charge is 0.465 e. The third-order valence-electron chi connectivity index (χ3n) is 4.22. The van der Waals surface area contributed by atoms with E-state index in [2.05, 4.69) is 11.9 Å². The number of carbonyl (C=O) groups is 2. The molecule has 1 amide bonds. The van der Waals surface area contributed by atoms with Crippen LogP contribution in [0.3, 0.4) is 0 Å². The summed E-state index contributed by atoms with van der Waals surface area (Å²) in [5.74, 6) is -1.26. The Bertz CT molecular complexity index is 368. The Kier molecular flexibility index (Phi) is 6.20. The molecule has 0 aromatic carbocycles. The summed E-state index contributed by atoms with van der Waals surface area (Å²) >= 11 is 0. The molecule has 0 N–H and O–H groups in total. The van der Waals surface area contributed by atoms with Crippen LogP contribution in [0.2, 0.25) is 0 Å². The molecule has 1 rings (SSSR count). The second-order valence-corrected chi connectivity index (χ2v) is 7.03. The lowest BCUT2D eigenvalue weighted by molar-refractivity contribution is -0.161. The molecule has 21 heavy (non-hydrogen) atoms. The number of likely N-dealkylation sites (tertiary alicyclic amines) is 1. The van der Waals surface area contributed by atoms with Gasteiger partial charge in [0.15, 0.2) is 0 Å². The normalized spacial score (nSPS) is 19.1. The van der Waals surface area contributed by atoms with Gasteiger partial charge in [0, 0.05) is 13.1 Å². The molecule has 1 atom stereocenters. The zero-order chi connectivity index (χ0) is 16.2. The first-order valence-corrected chi connectivity index (χ1v) is 7.80. The molecule has 122 valence electrons. The SMILES string of the molecule is CCOC(=O)C(C(=O)N(C)C1CCN(C)CC1)C(C)(C)C. The van der Waals surface area contributed by atoms with Crippen molar-refractivity contribution in [1.82, 2.24) is 9.80 Å². The summed E-state index contributed by atoms with van der Waals surface area (Å²) < 4.78 is 5.11. The summed E-state index contributed by atoms with van der Waals surface area (Å²) in [5, 5.41) is 0. The van der Waals surface area contributed by atoms with Crippen molar-refractivity contribution in [2.45, 2.75) is 46.6 Å². The highest BCUT2D eigenvalue weighted by molar-refractivity contribution is 5.98. The number of amides is 1.